The molecule has 0 heterocycles. The molecule has 1 N–H and O–H groups in total. The Morgan fingerprint density at radius 2 is 1.86 bits per heavy atom. The van der Waals surface area contributed by atoms with Crippen LogP contribution >= 0.6 is 15.9 Å². The molecule has 2 aromatic rings. The summed E-state index contributed by atoms with van der Waals surface area (Å²) in [7, 11) is 0. The van der Waals surface area contributed by atoms with Crippen molar-refractivity contribution in [3.8, 4) is 0 Å². The van der Waals surface area contributed by atoms with E-state index in [4.69, 9.17) is 0 Å². The zero-order valence-electron chi connectivity index (χ0n) is 11.9. The Balaban J connectivity index is 1.83. The van der Waals surface area contributed by atoms with E-state index in [-0.39, 0.29) is 11.7 Å². The highest BCUT2D eigenvalue weighted by Crippen LogP contribution is 2.38. The van der Waals surface area contributed by atoms with Gasteiger partial charge in [-0.1, -0.05) is 47.1 Å². The lowest BCUT2D eigenvalue weighted by atomic mass is 9.91. The topological polar surface area (TPSA) is 20.2 Å². The molecule has 2 aromatic carbocycles. The number of hydrogen-bond donors (Lipinski definition) is 1. The van der Waals surface area contributed by atoms with Crippen molar-refractivity contribution in [2.75, 3.05) is 0 Å². The van der Waals surface area contributed by atoms with E-state index in [1.165, 1.54) is 0 Å². The van der Waals surface area contributed by atoms with Crippen molar-refractivity contribution in [3.63, 3.8) is 0 Å². The molecule has 1 nitrogen and oxygen atoms in total. The smallest absolute Gasteiger partial charge is 0.127 e. The molecule has 0 aliphatic heterocycles. The van der Waals surface area contributed by atoms with Crippen LogP contribution in [0.25, 0.3) is 0 Å². The molecule has 0 saturated heterocycles. The van der Waals surface area contributed by atoms with Crippen LogP contribution in [0.5, 0.6) is 0 Å². The SMILES string of the molecule is CC(c1ccc(Br)cc1)c1ccc(CC2(O)CC2)cc1F. The summed E-state index contributed by atoms with van der Waals surface area (Å²) < 4.78 is 15.4. The summed E-state index contributed by atoms with van der Waals surface area (Å²) in [5.74, 6) is -0.177. The molecule has 0 amide bonds. The van der Waals surface area contributed by atoms with Gasteiger partial charge in [-0.05, 0) is 47.7 Å². The Labute approximate surface area is 132 Å². The van der Waals surface area contributed by atoms with Crippen molar-refractivity contribution in [1.29, 1.82) is 0 Å². The number of rotatable bonds is 4. The maximum absolute atomic E-state index is 14.4. The van der Waals surface area contributed by atoms with Crippen LogP contribution < -0.4 is 0 Å². The predicted octanol–water partition coefficient (Wildman–Crippen LogP) is 4.81. The van der Waals surface area contributed by atoms with Gasteiger partial charge in [0, 0.05) is 16.8 Å². The summed E-state index contributed by atoms with van der Waals surface area (Å²) in [5.41, 5.74) is 2.08. The quantitative estimate of drug-likeness (QED) is 0.840. The van der Waals surface area contributed by atoms with Gasteiger partial charge in [-0.3, -0.25) is 0 Å². The Morgan fingerprint density at radius 1 is 1.19 bits per heavy atom. The number of halogens is 2. The third-order valence-electron chi connectivity index (χ3n) is 4.26. The Bertz CT molecular complexity index is 647. The van der Waals surface area contributed by atoms with Gasteiger partial charge in [0.1, 0.15) is 5.82 Å². The highest BCUT2D eigenvalue weighted by molar-refractivity contribution is 9.10. The van der Waals surface area contributed by atoms with Crippen LogP contribution in [0.2, 0.25) is 0 Å². The summed E-state index contributed by atoms with van der Waals surface area (Å²) >= 11 is 3.41. The molecule has 1 saturated carbocycles. The lowest BCUT2D eigenvalue weighted by Gasteiger charge is -2.15. The van der Waals surface area contributed by atoms with Crippen molar-refractivity contribution in [2.45, 2.75) is 37.7 Å². The van der Waals surface area contributed by atoms with Gasteiger partial charge in [0.25, 0.3) is 0 Å². The Kier molecular flexibility index (Phi) is 3.89. The van der Waals surface area contributed by atoms with Crippen LogP contribution in [-0.2, 0) is 6.42 Å². The number of benzene rings is 2. The van der Waals surface area contributed by atoms with Crippen molar-refractivity contribution in [2.24, 2.45) is 0 Å². The van der Waals surface area contributed by atoms with E-state index < -0.39 is 5.60 Å². The molecule has 1 aliphatic rings. The van der Waals surface area contributed by atoms with Gasteiger partial charge in [0.05, 0.1) is 5.60 Å². The molecule has 3 rings (SSSR count). The first-order valence-electron chi connectivity index (χ1n) is 7.23. The Hall–Kier alpha value is -1.19. The second-order valence-corrected chi connectivity index (χ2v) is 6.95. The molecule has 0 bridgehead atoms. The van der Waals surface area contributed by atoms with E-state index in [1.54, 1.807) is 6.07 Å². The van der Waals surface area contributed by atoms with Crippen molar-refractivity contribution in [3.05, 3.63) is 69.4 Å². The maximum atomic E-state index is 14.4. The van der Waals surface area contributed by atoms with Crippen LogP contribution in [0.1, 0.15) is 42.4 Å². The van der Waals surface area contributed by atoms with Crippen molar-refractivity contribution in [1.82, 2.24) is 0 Å². The molecule has 0 radical (unpaired) electrons. The molecule has 1 fully saturated rings. The van der Waals surface area contributed by atoms with Crippen LogP contribution in [0.3, 0.4) is 0 Å². The molecule has 3 heteroatoms. The lowest BCUT2D eigenvalue weighted by Crippen LogP contribution is -2.11. The van der Waals surface area contributed by atoms with Gasteiger partial charge in [-0.25, -0.2) is 4.39 Å². The molecular weight excluding hydrogens is 331 g/mol. The van der Waals surface area contributed by atoms with Gasteiger partial charge >= 0.3 is 0 Å². The van der Waals surface area contributed by atoms with E-state index in [2.05, 4.69) is 15.9 Å². The van der Waals surface area contributed by atoms with Crippen molar-refractivity contribution < 1.29 is 9.50 Å². The van der Waals surface area contributed by atoms with Gasteiger partial charge in [0.15, 0.2) is 0 Å². The summed E-state index contributed by atoms with van der Waals surface area (Å²) in [6, 6.07) is 13.3. The average molecular weight is 349 g/mol. The monoisotopic (exact) mass is 348 g/mol. The largest absolute Gasteiger partial charge is 0.390 e. The highest BCUT2D eigenvalue weighted by atomic mass is 79.9. The van der Waals surface area contributed by atoms with Gasteiger partial charge in [-0.2, -0.15) is 0 Å². The van der Waals surface area contributed by atoms with E-state index in [0.717, 1.165) is 28.4 Å². The molecule has 0 spiro atoms. The van der Waals surface area contributed by atoms with Gasteiger partial charge < -0.3 is 5.11 Å². The predicted molar refractivity (Wildman–Crippen MR) is 85.9 cm³/mol. The average Bonchev–Trinajstić information content (AvgIpc) is 3.16. The minimum Gasteiger partial charge on any atom is -0.390 e. The normalized spacial score (nSPS) is 17.5. The minimum atomic E-state index is -0.578. The second kappa shape index (κ2) is 5.54. The van der Waals surface area contributed by atoms with Crippen LogP contribution in [-0.4, -0.2) is 10.7 Å². The third kappa shape index (κ3) is 3.35. The summed E-state index contributed by atoms with van der Waals surface area (Å²) in [4.78, 5) is 0. The molecule has 0 aromatic heterocycles. The summed E-state index contributed by atoms with van der Waals surface area (Å²) in [6.07, 6.45) is 2.20. The molecule has 110 valence electrons. The maximum Gasteiger partial charge on any atom is 0.127 e. The zero-order valence-corrected chi connectivity index (χ0v) is 13.5. The summed E-state index contributed by atoms with van der Waals surface area (Å²) in [5, 5.41) is 9.93. The molecule has 21 heavy (non-hydrogen) atoms. The zero-order chi connectivity index (χ0) is 15.0. The standard InChI is InChI=1S/C18H18BrFO/c1-12(14-3-5-15(19)6-4-14)16-7-2-13(10-17(16)20)11-18(21)8-9-18/h2-7,10,12,21H,8-9,11H2,1H3. The van der Waals surface area contributed by atoms with E-state index in [1.807, 2.05) is 43.3 Å². The lowest BCUT2D eigenvalue weighted by molar-refractivity contribution is 0.151. The third-order valence-corrected chi connectivity index (χ3v) is 4.79. The first kappa shape index (κ1) is 14.7. The fraction of sp³-hybridized carbons (Fsp3) is 0.333. The van der Waals surface area contributed by atoms with E-state index >= 15 is 0 Å². The summed E-state index contributed by atoms with van der Waals surface area (Å²) in [6.45, 7) is 2.01. The number of hydrogen-bond acceptors (Lipinski definition) is 1. The minimum absolute atomic E-state index is 0.0103. The number of aliphatic hydroxyl groups is 1. The van der Waals surface area contributed by atoms with Crippen LogP contribution in [0.15, 0.2) is 46.9 Å². The molecule has 1 unspecified atom stereocenters. The van der Waals surface area contributed by atoms with E-state index in [0.29, 0.717) is 12.0 Å². The second-order valence-electron chi connectivity index (χ2n) is 6.03. The molecule has 1 aliphatic carbocycles. The first-order chi connectivity index (χ1) is 9.97. The van der Waals surface area contributed by atoms with Gasteiger partial charge in [-0.15, -0.1) is 0 Å². The fourth-order valence-corrected chi connectivity index (χ4v) is 2.93. The van der Waals surface area contributed by atoms with Gasteiger partial charge in [0.2, 0.25) is 0 Å². The Morgan fingerprint density at radius 3 is 2.43 bits per heavy atom. The van der Waals surface area contributed by atoms with Crippen molar-refractivity contribution >= 4 is 15.9 Å². The van der Waals surface area contributed by atoms with E-state index in [9.17, 15) is 9.50 Å². The highest BCUT2D eigenvalue weighted by Gasteiger charge is 2.40. The molecule has 1 atom stereocenters. The van der Waals surface area contributed by atoms with Crippen LogP contribution in [0, 0.1) is 5.82 Å². The fourth-order valence-electron chi connectivity index (χ4n) is 2.66. The van der Waals surface area contributed by atoms with Crippen LogP contribution in [0.4, 0.5) is 4.39 Å². The first-order valence-corrected chi connectivity index (χ1v) is 8.02. The molecular formula is C18H18BrFO.